The number of anilines is 3. The Balaban J connectivity index is 0.820. The maximum absolute atomic E-state index is 14.1. The minimum absolute atomic E-state index is 0.00825. The molecule has 4 amide bonds. The zero-order valence-electron chi connectivity index (χ0n) is 42.2. The highest BCUT2D eigenvalue weighted by atomic mass is 32.1. The van der Waals surface area contributed by atoms with Crippen LogP contribution >= 0.6 is 11.3 Å². The Morgan fingerprint density at radius 2 is 1.67 bits per heavy atom. The van der Waals surface area contributed by atoms with E-state index < -0.39 is 29.5 Å². The molecule has 0 bridgehead atoms. The van der Waals surface area contributed by atoms with Crippen molar-refractivity contribution in [3.8, 4) is 16.5 Å². The summed E-state index contributed by atoms with van der Waals surface area (Å²) in [6.07, 6.45) is 3.77. The van der Waals surface area contributed by atoms with Gasteiger partial charge in [-0.25, -0.2) is 4.98 Å². The Morgan fingerprint density at radius 3 is 2.36 bits per heavy atom. The number of carbonyl (C=O) groups excluding carboxylic acids is 4. The Bertz CT molecular complexity index is 2650. The Hall–Kier alpha value is -6.76. The predicted molar refractivity (Wildman–Crippen MR) is 281 cm³/mol. The number of hydrazone groups is 1. The molecule has 382 valence electrons. The van der Waals surface area contributed by atoms with Crippen molar-refractivity contribution >= 4 is 58.5 Å². The van der Waals surface area contributed by atoms with Crippen LogP contribution in [0.25, 0.3) is 10.4 Å². The number of rotatable bonds is 21. The van der Waals surface area contributed by atoms with Crippen LogP contribution in [-0.4, -0.2) is 112 Å². The van der Waals surface area contributed by atoms with Crippen LogP contribution in [0, 0.1) is 19.3 Å². The first-order chi connectivity index (χ1) is 34.6. The third-order valence-corrected chi connectivity index (χ3v) is 13.7. The van der Waals surface area contributed by atoms with Gasteiger partial charge in [0.1, 0.15) is 17.9 Å². The van der Waals surface area contributed by atoms with Gasteiger partial charge in [0, 0.05) is 57.1 Å². The number of nitrogens with zero attached hydrogens (tertiary/aromatic N) is 6. The molecule has 72 heavy (non-hydrogen) atoms. The number of aliphatic hydroxyl groups is 1. The summed E-state index contributed by atoms with van der Waals surface area (Å²) in [7, 11) is 0. The average Bonchev–Trinajstić information content (AvgIpc) is 3.98. The summed E-state index contributed by atoms with van der Waals surface area (Å²) >= 11 is 1.57. The summed E-state index contributed by atoms with van der Waals surface area (Å²) < 4.78 is 11.6. The summed E-state index contributed by atoms with van der Waals surface area (Å²) in [6, 6.07) is 23.5. The number of hydrogen-bond acceptors (Lipinski definition) is 14. The fourth-order valence-electron chi connectivity index (χ4n) is 8.65. The zero-order chi connectivity index (χ0) is 51.2. The summed E-state index contributed by atoms with van der Waals surface area (Å²) in [5.41, 5.74) is 10.9. The van der Waals surface area contributed by atoms with Crippen LogP contribution in [0.1, 0.15) is 100 Å². The standard InChI is InChI=1S/C54H68N10O7S/c1-35-11-10-12-39(29-35)32-56-62-45-31-46(63-24-27-70-28-25-63)60-53(59-45)71-26-23-38-15-21-42(22-16-38)58-47(66)13-8-7-9-14-48(67)61-50(54(4,5)6)52(69)64-33-43(65)30-44(64)51(68)57-36(2)40-17-19-41(20-18-40)49-37(3)55-34-72-49/h10-12,15-22,29,31-32,34,36,43-44,50,65H,7-9,13-14,23-28,30,33H2,1-6H3,(H,57,68)(H,58,66)(H,61,67)(H,59,60,62)/b56-32+/t36-,43+,44-,50+/m0/s1. The van der Waals surface area contributed by atoms with Gasteiger partial charge in [-0.2, -0.15) is 15.1 Å². The first kappa shape index (κ1) is 53.0. The summed E-state index contributed by atoms with van der Waals surface area (Å²) in [6.45, 7) is 14.4. The number of hydrogen-bond donors (Lipinski definition) is 5. The van der Waals surface area contributed by atoms with Gasteiger partial charge in [0.05, 0.1) is 54.3 Å². The highest BCUT2D eigenvalue weighted by Crippen LogP contribution is 2.30. The number of ether oxygens (including phenoxy) is 2. The second kappa shape index (κ2) is 25.1. The van der Waals surface area contributed by atoms with Crippen molar-refractivity contribution in [2.24, 2.45) is 10.5 Å². The van der Waals surface area contributed by atoms with Crippen LogP contribution in [0.3, 0.4) is 0 Å². The normalized spacial score (nSPS) is 16.8. The minimum atomic E-state index is -0.923. The number of carbonyl (C=O) groups is 4. The second-order valence-corrected chi connectivity index (χ2v) is 20.4. The second-order valence-electron chi connectivity index (χ2n) is 19.6. The molecule has 4 heterocycles. The van der Waals surface area contributed by atoms with Crippen molar-refractivity contribution < 1.29 is 33.8 Å². The predicted octanol–water partition coefficient (Wildman–Crippen LogP) is 7.38. The number of aryl methyl sites for hydroxylation is 2. The van der Waals surface area contributed by atoms with Crippen molar-refractivity contribution in [1.82, 2.24) is 30.5 Å². The average molecular weight is 1000 g/mol. The number of benzene rings is 3. The van der Waals surface area contributed by atoms with Crippen molar-refractivity contribution in [3.63, 3.8) is 0 Å². The number of aliphatic hydroxyl groups excluding tert-OH is 1. The molecule has 0 spiro atoms. The van der Waals surface area contributed by atoms with E-state index in [2.05, 4.69) is 46.3 Å². The van der Waals surface area contributed by atoms with Gasteiger partial charge >= 0.3 is 6.01 Å². The third-order valence-electron chi connectivity index (χ3n) is 12.7. The minimum Gasteiger partial charge on any atom is -0.463 e. The molecule has 2 saturated heterocycles. The highest BCUT2D eigenvalue weighted by molar-refractivity contribution is 7.13. The van der Waals surface area contributed by atoms with Crippen LogP contribution in [0.2, 0.25) is 0 Å². The Kier molecular flexibility index (Phi) is 18.5. The van der Waals surface area contributed by atoms with Crippen LogP contribution in [0.5, 0.6) is 6.01 Å². The topological polar surface area (TPSA) is 213 Å². The molecule has 5 N–H and O–H groups in total. The molecule has 7 rings (SSSR count). The van der Waals surface area contributed by atoms with E-state index in [4.69, 9.17) is 9.47 Å². The van der Waals surface area contributed by atoms with E-state index in [0.29, 0.717) is 70.1 Å². The first-order valence-corrected chi connectivity index (χ1v) is 25.7. The maximum Gasteiger partial charge on any atom is 0.320 e. The molecule has 0 saturated carbocycles. The molecule has 0 aliphatic carbocycles. The van der Waals surface area contributed by atoms with E-state index in [-0.39, 0.29) is 55.6 Å². The molecular weight excluding hydrogens is 933 g/mol. The number of aromatic nitrogens is 3. The third kappa shape index (κ3) is 15.1. The van der Waals surface area contributed by atoms with E-state index >= 15 is 0 Å². The quantitative estimate of drug-likeness (QED) is 0.0277. The van der Waals surface area contributed by atoms with Gasteiger partial charge in [0.2, 0.25) is 23.6 Å². The van der Waals surface area contributed by atoms with E-state index in [1.165, 1.54) is 4.90 Å². The van der Waals surface area contributed by atoms with Crippen LogP contribution in [0.15, 0.2) is 89.5 Å². The molecule has 3 aromatic carbocycles. The van der Waals surface area contributed by atoms with Crippen molar-refractivity contribution in [1.29, 1.82) is 0 Å². The lowest BCUT2D eigenvalue weighted by atomic mass is 9.85. The largest absolute Gasteiger partial charge is 0.463 e. The molecular formula is C54H68N10O7S. The molecule has 2 aliphatic rings. The number of morpholine rings is 1. The maximum atomic E-state index is 14.1. The SMILES string of the molecule is Cc1cccc(/C=N/Nc2cc(N3CCOCC3)nc(OCCc3ccc(NC(=O)CCCCCC(=O)N[C@H](C(=O)N4C[C@H](O)C[C@H]4C(=O)N[C@@H](C)c4ccc(-c5scnc5C)cc4)C(C)(C)C)cc3)n2)c1. The lowest BCUT2D eigenvalue weighted by molar-refractivity contribution is -0.144. The van der Waals surface area contributed by atoms with Crippen molar-refractivity contribution in [2.75, 3.05) is 55.1 Å². The van der Waals surface area contributed by atoms with Crippen LogP contribution < -0.4 is 31.0 Å². The molecule has 4 atom stereocenters. The summed E-state index contributed by atoms with van der Waals surface area (Å²) in [5.74, 6) is 0.0501. The van der Waals surface area contributed by atoms with E-state index in [1.54, 1.807) is 17.6 Å². The molecule has 2 aliphatic heterocycles. The molecule has 18 heteroatoms. The van der Waals surface area contributed by atoms with E-state index in [0.717, 1.165) is 44.2 Å². The first-order valence-electron chi connectivity index (χ1n) is 24.8. The Morgan fingerprint density at radius 1 is 0.931 bits per heavy atom. The number of unbranched alkanes of at least 4 members (excludes halogenated alkanes) is 2. The van der Waals surface area contributed by atoms with Crippen LogP contribution in [0.4, 0.5) is 17.3 Å². The number of nitrogens with one attached hydrogen (secondary N) is 4. The van der Waals surface area contributed by atoms with Crippen molar-refractivity contribution in [3.05, 3.63) is 112 Å². The summed E-state index contributed by atoms with van der Waals surface area (Å²) in [5, 5.41) is 24.0. The molecule has 2 fully saturated rings. The number of thiazole rings is 1. The van der Waals surface area contributed by atoms with Crippen LogP contribution in [-0.2, 0) is 30.3 Å². The number of amides is 4. The Labute approximate surface area is 426 Å². The molecule has 17 nitrogen and oxygen atoms in total. The van der Waals surface area contributed by atoms with Gasteiger partial charge in [0.25, 0.3) is 0 Å². The number of likely N-dealkylation sites (tertiary alicyclic amines) is 1. The monoisotopic (exact) mass is 1000 g/mol. The number of β-amino-alcohol motifs (C(OH)–C–C–N with tert-alkyl or cyclic N) is 1. The van der Waals surface area contributed by atoms with Gasteiger partial charge in [-0.1, -0.05) is 93.4 Å². The molecule has 0 radical (unpaired) electrons. The molecule has 2 aromatic heterocycles. The van der Waals surface area contributed by atoms with E-state index in [1.807, 2.05) is 126 Å². The zero-order valence-corrected chi connectivity index (χ0v) is 43.0. The molecule has 0 unspecified atom stereocenters. The van der Waals surface area contributed by atoms with Gasteiger partial charge < -0.3 is 40.3 Å². The lowest BCUT2D eigenvalue weighted by Gasteiger charge is -2.35. The lowest BCUT2D eigenvalue weighted by Crippen LogP contribution is -2.57. The fourth-order valence-corrected chi connectivity index (χ4v) is 9.46. The highest BCUT2D eigenvalue weighted by Gasteiger charge is 2.44. The van der Waals surface area contributed by atoms with Gasteiger partial charge in [0.15, 0.2) is 5.82 Å². The fraction of sp³-hybridized carbons (Fsp3) is 0.444. The summed E-state index contributed by atoms with van der Waals surface area (Å²) in [4.78, 5) is 72.1. The smallest absolute Gasteiger partial charge is 0.320 e. The van der Waals surface area contributed by atoms with Gasteiger partial charge in [-0.3, -0.25) is 24.6 Å². The van der Waals surface area contributed by atoms with E-state index in [9.17, 15) is 24.3 Å². The van der Waals surface area contributed by atoms with Crippen molar-refractivity contribution in [2.45, 2.75) is 111 Å². The molecule has 5 aromatic rings. The van der Waals surface area contributed by atoms with Gasteiger partial charge in [-0.05, 0) is 73.4 Å². The van der Waals surface area contributed by atoms with Gasteiger partial charge in [-0.15, -0.1) is 11.3 Å².